The second-order valence-electron chi connectivity index (χ2n) is 7.51. The highest BCUT2D eigenvalue weighted by Gasteiger charge is 2.38. The molecule has 0 bridgehead atoms. The van der Waals surface area contributed by atoms with Gasteiger partial charge in [0.2, 0.25) is 0 Å². The summed E-state index contributed by atoms with van der Waals surface area (Å²) < 4.78 is 43.0. The predicted molar refractivity (Wildman–Crippen MR) is 118 cm³/mol. The average Bonchev–Trinajstić information content (AvgIpc) is 3.47. The van der Waals surface area contributed by atoms with Gasteiger partial charge in [-0.15, -0.1) is 5.10 Å². The van der Waals surface area contributed by atoms with E-state index in [4.69, 9.17) is 9.59 Å². The Hall–Kier alpha value is -4.37. The van der Waals surface area contributed by atoms with Crippen molar-refractivity contribution in [2.24, 2.45) is 0 Å². The van der Waals surface area contributed by atoms with E-state index in [0.29, 0.717) is 23.5 Å². The largest absolute Gasteiger partial charge is 0.433 e. The van der Waals surface area contributed by atoms with E-state index < -0.39 is 11.9 Å². The zero-order valence-corrected chi connectivity index (χ0v) is 18.8. The van der Waals surface area contributed by atoms with Crippen LogP contribution in [0.4, 0.5) is 13.2 Å². The third-order valence-electron chi connectivity index (χ3n) is 5.02. The maximum atomic E-state index is 13.5. The second-order valence-corrected chi connectivity index (χ2v) is 7.51. The van der Waals surface area contributed by atoms with Crippen molar-refractivity contribution in [1.29, 1.82) is 0 Å². The smallest absolute Gasteiger partial charge is 0.300 e. The lowest BCUT2D eigenvalue weighted by atomic mass is 10.0. The third kappa shape index (κ3) is 5.96. The fourth-order valence-corrected chi connectivity index (χ4v) is 3.54. The summed E-state index contributed by atoms with van der Waals surface area (Å²) in [7, 11) is 0. The van der Waals surface area contributed by atoms with Gasteiger partial charge in [0.25, 0.3) is 0 Å². The molecule has 4 rings (SSSR count). The van der Waals surface area contributed by atoms with E-state index in [9.17, 15) is 18.0 Å². The van der Waals surface area contributed by atoms with Gasteiger partial charge in [-0.3, -0.25) is 4.79 Å². The lowest BCUT2D eigenvalue weighted by Gasteiger charge is -2.12. The van der Waals surface area contributed by atoms with Gasteiger partial charge >= 0.3 is 12.3 Å². The maximum absolute atomic E-state index is 13.5. The highest BCUT2D eigenvalue weighted by atomic mass is 19.4. The molecule has 8 nitrogen and oxygen atoms in total. The molecule has 0 fully saturated rings. The van der Waals surface area contributed by atoms with Gasteiger partial charge in [0, 0.05) is 17.5 Å². The van der Waals surface area contributed by atoms with E-state index in [1.807, 2.05) is 24.3 Å². The Labute approximate surface area is 198 Å². The minimum Gasteiger partial charge on any atom is -0.300 e. The molecule has 2 aromatic heterocycles. The van der Waals surface area contributed by atoms with E-state index in [0.717, 1.165) is 15.8 Å². The minimum atomic E-state index is -4.50. The first-order valence-electron chi connectivity index (χ1n) is 10.4. The van der Waals surface area contributed by atoms with E-state index in [2.05, 4.69) is 15.4 Å². The van der Waals surface area contributed by atoms with Gasteiger partial charge in [0.05, 0.1) is 23.8 Å². The summed E-state index contributed by atoms with van der Waals surface area (Å²) in [6.45, 7) is 3.20. The first-order valence-corrected chi connectivity index (χ1v) is 10.4. The van der Waals surface area contributed by atoms with Crippen LogP contribution in [0.3, 0.4) is 0 Å². The Balaban J connectivity index is 0.00000108. The van der Waals surface area contributed by atoms with Gasteiger partial charge in [-0.1, -0.05) is 30.3 Å². The fraction of sp³-hybridized carbons (Fsp3) is 0.208. The third-order valence-corrected chi connectivity index (χ3v) is 5.02. The van der Waals surface area contributed by atoms with Crippen molar-refractivity contribution in [3.05, 3.63) is 77.7 Å². The fourth-order valence-electron chi connectivity index (χ4n) is 3.54. The summed E-state index contributed by atoms with van der Waals surface area (Å²) in [6.07, 6.45) is -0.691. The molecule has 35 heavy (non-hydrogen) atoms. The quantitative estimate of drug-likeness (QED) is 0.407. The van der Waals surface area contributed by atoms with Crippen molar-refractivity contribution >= 4 is 11.9 Å². The van der Waals surface area contributed by atoms with Crippen LogP contribution in [0.2, 0.25) is 0 Å². The second kappa shape index (κ2) is 10.7. The minimum absolute atomic E-state index is 0.0720. The van der Waals surface area contributed by atoms with Crippen molar-refractivity contribution in [2.75, 3.05) is 0 Å². The number of carbonyl (C=O) groups is 1. The molecule has 0 radical (unpaired) electrons. The number of hydrogen-bond donors (Lipinski definition) is 0. The molecule has 0 N–H and O–H groups in total. The molecule has 0 saturated carbocycles. The van der Waals surface area contributed by atoms with Crippen LogP contribution in [0, 0.1) is 0 Å². The SMILES string of the molecule is CCc1cnn(-c2ccc(-n3cc(-c4cccc(CC(C)=O)c4)nn3)cc2)c1C(F)(F)F.O=C=O. The summed E-state index contributed by atoms with van der Waals surface area (Å²) in [6, 6.07) is 13.9. The van der Waals surface area contributed by atoms with Crippen LogP contribution in [0.25, 0.3) is 22.6 Å². The monoisotopic (exact) mass is 483 g/mol. The Bertz CT molecular complexity index is 1350. The van der Waals surface area contributed by atoms with Gasteiger partial charge in [-0.05, 0) is 49.2 Å². The van der Waals surface area contributed by atoms with Crippen LogP contribution in [0.15, 0.2) is 60.9 Å². The van der Waals surface area contributed by atoms with E-state index in [1.54, 1.807) is 42.1 Å². The number of hydrogen-bond acceptors (Lipinski definition) is 6. The number of Topliss-reactive ketones (excluding diaryl/α,β-unsaturated/α-hetero) is 1. The van der Waals surface area contributed by atoms with Crippen molar-refractivity contribution in [3.8, 4) is 22.6 Å². The predicted octanol–water partition coefficient (Wildman–Crippen LogP) is 4.25. The lowest BCUT2D eigenvalue weighted by molar-refractivity contribution is -0.191. The zero-order valence-electron chi connectivity index (χ0n) is 18.8. The number of benzene rings is 2. The molecule has 0 saturated heterocycles. The van der Waals surface area contributed by atoms with Crippen molar-refractivity contribution in [2.45, 2.75) is 32.9 Å². The molecule has 0 aliphatic rings. The molecule has 0 spiro atoms. The molecule has 4 aromatic rings. The van der Waals surface area contributed by atoms with E-state index in [1.165, 1.54) is 13.1 Å². The normalized spacial score (nSPS) is 10.9. The molecule has 0 aliphatic heterocycles. The Morgan fingerprint density at radius 2 is 1.71 bits per heavy atom. The van der Waals surface area contributed by atoms with E-state index >= 15 is 0 Å². The van der Waals surface area contributed by atoms with Crippen molar-refractivity contribution < 1.29 is 27.6 Å². The number of nitrogens with zero attached hydrogens (tertiary/aromatic N) is 5. The van der Waals surface area contributed by atoms with Crippen LogP contribution in [-0.2, 0) is 33.4 Å². The van der Waals surface area contributed by atoms with Gasteiger partial charge in [-0.2, -0.15) is 27.9 Å². The van der Waals surface area contributed by atoms with Crippen molar-refractivity contribution in [3.63, 3.8) is 0 Å². The van der Waals surface area contributed by atoms with Crippen LogP contribution < -0.4 is 0 Å². The van der Waals surface area contributed by atoms with E-state index in [-0.39, 0.29) is 23.9 Å². The molecule has 11 heteroatoms. The highest BCUT2D eigenvalue weighted by molar-refractivity contribution is 5.78. The number of halogens is 3. The molecular formula is C24H20F3N5O3. The van der Waals surface area contributed by atoms with Crippen LogP contribution in [0.5, 0.6) is 0 Å². The van der Waals surface area contributed by atoms with Crippen molar-refractivity contribution in [1.82, 2.24) is 24.8 Å². The summed E-state index contributed by atoms with van der Waals surface area (Å²) in [4.78, 5) is 27.6. The van der Waals surface area contributed by atoms with Gasteiger partial charge in [0.1, 0.15) is 11.5 Å². The summed E-state index contributed by atoms with van der Waals surface area (Å²) in [5.41, 5.74) is 2.67. The number of ketones is 1. The zero-order chi connectivity index (χ0) is 25.6. The molecule has 2 heterocycles. The number of aromatic nitrogens is 5. The number of carbonyl (C=O) groups excluding carboxylic acids is 3. The van der Waals surface area contributed by atoms with Crippen LogP contribution in [-0.4, -0.2) is 36.7 Å². The molecule has 0 aliphatic carbocycles. The lowest BCUT2D eigenvalue weighted by Crippen LogP contribution is -2.15. The molecule has 180 valence electrons. The number of alkyl halides is 3. The Kier molecular flexibility index (Phi) is 7.73. The van der Waals surface area contributed by atoms with Gasteiger partial charge in [-0.25, -0.2) is 9.36 Å². The first-order chi connectivity index (χ1) is 16.7. The molecular weight excluding hydrogens is 463 g/mol. The topological polar surface area (TPSA) is 99.7 Å². The number of aryl methyl sites for hydroxylation is 1. The number of rotatable bonds is 6. The first kappa shape index (κ1) is 25.3. The molecule has 0 atom stereocenters. The highest BCUT2D eigenvalue weighted by Crippen LogP contribution is 2.34. The van der Waals surface area contributed by atoms with Crippen LogP contribution >= 0.6 is 0 Å². The molecule has 2 aromatic carbocycles. The summed E-state index contributed by atoms with van der Waals surface area (Å²) >= 11 is 0. The standard InChI is InChI=1S/C23H20F3N5O.CO2/c1-3-17-13-27-31(22(17)23(24,25)26)20-9-7-19(8-10-20)30-14-21(28-29-30)18-6-4-5-16(12-18)11-15(2)32;2-1-3/h4-10,12-14H,3,11H2,1-2H3;. The average molecular weight is 483 g/mol. The van der Waals surface area contributed by atoms with Gasteiger partial charge in [0.15, 0.2) is 5.69 Å². The summed E-state index contributed by atoms with van der Waals surface area (Å²) in [5.74, 6) is 0.0720. The summed E-state index contributed by atoms with van der Waals surface area (Å²) in [5, 5.41) is 12.2. The Morgan fingerprint density at radius 1 is 1.06 bits per heavy atom. The molecule has 0 unspecified atom stereocenters. The Morgan fingerprint density at radius 3 is 2.31 bits per heavy atom. The molecule has 0 amide bonds. The van der Waals surface area contributed by atoms with Crippen LogP contribution in [0.1, 0.15) is 30.7 Å². The maximum Gasteiger partial charge on any atom is 0.433 e. The van der Waals surface area contributed by atoms with Gasteiger partial charge < -0.3 is 0 Å².